The second-order valence-corrected chi connectivity index (χ2v) is 4.78. The zero-order chi connectivity index (χ0) is 13.9. The van der Waals surface area contributed by atoms with Crippen molar-refractivity contribution >= 4 is 11.9 Å². The summed E-state index contributed by atoms with van der Waals surface area (Å²) in [7, 11) is 0. The minimum absolute atomic E-state index is 0.209. The third-order valence-electron chi connectivity index (χ3n) is 2.54. The lowest BCUT2D eigenvalue weighted by molar-refractivity contribution is -0.137. The zero-order valence-electron chi connectivity index (χ0n) is 11.1. The SMILES string of the molecule is Cc1n[nH]c(C)c1C(=O)N(CC(=O)O)CC(C)C. The zero-order valence-corrected chi connectivity index (χ0v) is 11.1. The molecule has 6 nitrogen and oxygen atoms in total. The molecule has 0 unspecified atom stereocenters. The highest BCUT2D eigenvalue weighted by molar-refractivity contribution is 5.97. The lowest BCUT2D eigenvalue weighted by Crippen LogP contribution is -2.38. The lowest BCUT2D eigenvalue weighted by atomic mass is 10.1. The third-order valence-corrected chi connectivity index (χ3v) is 2.54. The van der Waals surface area contributed by atoms with Crippen molar-refractivity contribution in [1.82, 2.24) is 15.1 Å². The van der Waals surface area contributed by atoms with Gasteiger partial charge >= 0.3 is 5.97 Å². The molecule has 0 spiro atoms. The van der Waals surface area contributed by atoms with Crippen molar-refractivity contribution in [2.24, 2.45) is 5.92 Å². The molecule has 2 N–H and O–H groups in total. The van der Waals surface area contributed by atoms with Crippen molar-refractivity contribution in [2.45, 2.75) is 27.7 Å². The second kappa shape index (κ2) is 5.66. The highest BCUT2D eigenvalue weighted by Crippen LogP contribution is 2.13. The largest absolute Gasteiger partial charge is 0.480 e. The maximum Gasteiger partial charge on any atom is 0.323 e. The van der Waals surface area contributed by atoms with Gasteiger partial charge in [0.05, 0.1) is 11.3 Å². The maximum absolute atomic E-state index is 12.3. The maximum atomic E-state index is 12.3. The Kier molecular flexibility index (Phi) is 4.47. The lowest BCUT2D eigenvalue weighted by Gasteiger charge is -2.22. The molecule has 100 valence electrons. The van der Waals surface area contributed by atoms with E-state index in [9.17, 15) is 9.59 Å². The van der Waals surface area contributed by atoms with Crippen LogP contribution in [0.5, 0.6) is 0 Å². The molecule has 1 rings (SSSR count). The Balaban J connectivity index is 2.98. The van der Waals surface area contributed by atoms with Gasteiger partial charge in [0.25, 0.3) is 5.91 Å². The number of carbonyl (C=O) groups excluding carboxylic acids is 1. The first-order chi connectivity index (χ1) is 8.32. The Morgan fingerprint density at radius 2 is 2.00 bits per heavy atom. The van der Waals surface area contributed by atoms with Crippen LogP contribution in [0.15, 0.2) is 0 Å². The summed E-state index contributed by atoms with van der Waals surface area (Å²) >= 11 is 0. The fourth-order valence-electron chi connectivity index (χ4n) is 1.85. The number of carboxylic acid groups (broad SMARTS) is 1. The van der Waals surface area contributed by atoms with E-state index in [0.717, 1.165) is 0 Å². The van der Waals surface area contributed by atoms with Crippen LogP contribution >= 0.6 is 0 Å². The molecule has 0 bridgehead atoms. The second-order valence-electron chi connectivity index (χ2n) is 4.78. The smallest absolute Gasteiger partial charge is 0.323 e. The minimum atomic E-state index is -1.01. The molecule has 0 atom stereocenters. The number of carboxylic acids is 1. The standard InChI is InChI=1S/C12H19N3O3/c1-7(2)5-15(6-10(16)17)12(18)11-8(3)13-14-9(11)4/h7H,5-6H2,1-4H3,(H,13,14)(H,16,17). The van der Waals surface area contributed by atoms with E-state index in [0.29, 0.717) is 23.5 Å². The first-order valence-electron chi connectivity index (χ1n) is 5.85. The van der Waals surface area contributed by atoms with Gasteiger partial charge in [0.1, 0.15) is 6.54 Å². The van der Waals surface area contributed by atoms with E-state index in [1.807, 2.05) is 13.8 Å². The molecule has 1 heterocycles. The van der Waals surface area contributed by atoms with Crippen LogP contribution in [0.4, 0.5) is 0 Å². The molecule has 0 aromatic carbocycles. The number of carbonyl (C=O) groups is 2. The number of aromatic amines is 1. The van der Waals surface area contributed by atoms with E-state index >= 15 is 0 Å². The molecule has 0 aliphatic carbocycles. The van der Waals surface area contributed by atoms with Crippen LogP contribution in [0.2, 0.25) is 0 Å². The molecule has 0 saturated heterocycles. The van der Waals surface area contributed by atoms with Crippen molar-refractivity contribution in [3.63, 3.8) is 0 Å². The van der Waals surface area contributed by atoms with Crippen LogP contribution in [0.1, 0.15) is 35.6 Å². The van der Waals surface area contributed by atoms with E-state index in [1.54, 1.807) is 13.8 Å². The number of nitrogens with one attached hydrogen (secondary N) is 1. The summed E-state index contributed by atoms with van der Waals surface area (Å²) in [6.07, 6.45) is 0. The third kappa shape index (κ3) is 3.32. The summed E-state index contributed by atoms with van der Waals surface area (Å²) in [6, 6.07) is 0. The normalized spacial score (nSPS) is 10.7. The predicted octanol–water partition coefficient (Wildman–Crippen LogP) is 1.21. The molecule has 1 amide bonds. The number of hydrogen-bond acceptors (Lipinski definition) is 3. The van der Waals surface area contributed by atoms with E-state index in [-0.39, 0.29) is 18.4 Å². The number of hydrogen-bond donors (Lipinski definition) is 2. The first kappa shape index (κ1) is 14.2. The Bertz CT molecular complexity index is 432. The predicted molar refractivity (Wildman–Crippen MR) is 66.4 cm³/mol. The number of H-pyrrole nitrogens is 1. The molecule has 0 fully saturated rings. The average molecular weight is 253 g/mol. The van der Waals surface area contributed by atoms with Gasteiger partial charge in [-0.2, -0.15) is 5.10 Å². The van der Waals surface area contributed by atoms with Crippen molar-refractivity contribution in [2.75, 3.05) is 13.1 Å². The quantitative estimate of drug-likeness (QED) is 0.825. The Morgan fingerprint density at radius 1 is 1.39 bits per heavy atom. The summed E-state index contributed by atoms with van der Waals surface area (Å²) in [5.41, 5.74) is 1.73. The number of rotatable bonds is 5. The molecular weight excluding hydrogens is 234 g/mol. The highest BCUT2D eigenvalue weighted by atomic mass is 16.4. The van der Waals surface area contributed by atoms with E-state index in [1.165, 1.54) is 4.90 Å². The highest BCUT2D eigenvalue weighted by Gasteiger charge is 2.24. The van der Waals surface area contributed by atoms with Crippen molar-refractivity contribution in [3.05, 3.63) is 17.0 Å². The monoisotopic (exact) mass is 253 g/mol. The van der Waals surface area contributed by atoms with Crippen LogP contribution in [-0.4, -0.2) is 45.2 Å². The summed E-state index contributed by atoms with van der Waals surface area (Å²) < 4.78 is 0. The number of aliphatic carboxylic acids is 1. The summed E-state index contributed by atoms with van der Waals surface area (Å²) in [5, 5.41) is 15.6. The Hall–Kier alpha value is -1.85. The molecule has 1 aromatic rings. The molecule has 6 heteroatoms. The van der Waals surface area contributed by atoms with E-state index in [4.69, 9.17) is 5.11 Å². The van der Waals surface area contributed by atoms with Crippen LogP contribution in [-0.2, 0) is 4.79 Å². The Labute approximate surface area is 106 Å². The minimum Gasteiger partial charge on any atom is -0.480 e. The van der Waals surface area contributed by atoms with Crippen molar-refractivity contribution in [3.8, 4) is 0 Å². The summed E-state index contributed by atoms with van der Waals surface area (Å²) in [4.78, 5) is 24.5. The van der Waals surface area contributed by atoms with Crippen molar-refractivity contribution in [1.29, 1.82) is 0 Å². The molecule has 0 radical (unpaired) electrons. The van der Waals surface area contributed by atoms with E-state index in [2.05, 4.69) is 10.2 Å². The van der Waals surface area contributed by atoms with Crippen LogP contribution in [0.3, 0.4) is 0 Å². The molecule has 0 aliphatic rings. The molecule has 0 saturated carbocycles. The molecule has 0 aliphatic heterocycles. The summed E-state index contributed by atoms with van der Waals surface area (Å²) in [5.74, 6) is -1.08. The van der Waals surface area contributed by atoms with Crippen LogP contribution in [0.25, 0.3) is 0 Å². The topological polar surface area (TPSA) is 86.3 Å². The van der Waals surface area contributed by atoms with E-state index < -0.39 is 5.97 Å². The van der Waals surface area contributed by atoms with Gasteiger partial charge in [-0.25, -0.2) is 0 Å². The van der Waals surface area contributed by atoms with Gasteiger partial charge in [-0.05, 0) is 19.8 Å². The van der Waals surface area contributed by atoms with Gasteiger partial charge in [-0.3, -0.25) is 14.7 Å². The molecule has 18 heavy (non-hydrogen) atoms. The average Bonchev–Trinajstić information content (AvgIpc) is 2.55. The fourth-order valence-corrected chi connectivity index (χ4v) is 1.85. The number of aryl methyl sites for hydroxylation is 2. The molecule has 1 aromatic heterocycles. The molecular formula is C12H19N3O3. The Morgan fingerprint density at radius 3 is 2.39 bits per heavy atom. The van der Waals surface area contributed by atoms with Crippen LogP contribution < -0.4 is 0 Å². The van der Waals surface area contributed by atoms with Gasteiger partial charge in [0, 0.05) is 12.2 Å². The van der Waals surface area contributed by atoms with Gasteiger partial charge in [0.2, 0.25) is 0 Å². The number of aromatic nitrogens is 2. The summed E-state index contributed by atoms with van der Waals surface area (Å²) in [6.45, 7) is 7.48. The van der Waals surface area contributed by atoms with Crippen LogP contribution in [0, 0.1) is 19.8 Å². The first-order valence-corrected chi connectivity index (χ1v) is 5.85. The number of amides is 1. The van der Waals surface area contributed by atoms with Gasteiger partial charge in [-0.15, -0.1) is 0 Å². The van der Waals surface area contributed by atoms with Gasteiger partial charge in [-0.1, -0.05) is 13.8 Å². The fraction of sp³-hybridized carbons (Fsp3) is 0.583. The number of nitrogens with zero attached hydrogens (tertiary/aromatic N) is 2. The van der Waals surface area contributed by atoms with Gasteiger partial charge < -0.3 is 10.0 Å². The van der Waals surface area contributed by atoms with Crippen molar-refractivity contribution < 1.29 is 14.7 Å². The van der Waals surface area contributed by atoms with Gasteiger partial charge in [0.15, 0.2) is 0 Å².